The molecule has 0 unspecified atom stereocenters. The molecule has 2 heterocycles. The second-order valence-electron chi connectivity index (χ2n) is 5.76. The third-order valence-corrected chi connectivity index (χ3v) is 4.82. The van der Waals surface area contributed by atoms with E-state index in [9.17, 15) is 4.79 Å². The van der Waals surface area contributed by atoms with Crippen LogP contribution in [0.3, 0.4) is 0 Å². The number of thiazole rings is 1. The molecular formula is C19H20N4O3S. The van der Waals surface area contributed by atoms with Gasteiger partial charge < -0.3 is 14.8 Å². The molecule has 3 rings (SSSR count). The van der Waals surface area contributed by atoms with Crippen LogP contribution in [0.5, 0.6) is 5.19 Å². The predicted octanol–water partition coefficient (Wildman–Crippen LogP) is 3.88. The first-order valence-corrected chi connectivity index (χ1v) is 9.19. The normalized spacial score (nSPS) is 10.6. The molecule has 8 heteroatoms. The molecule has 0 aliphatic rings. The lowest BCUT2D eigenvalue weighted by molar-refractivity contribution is 0.101. The maximum Gasteiger partial charge on any atom is 0.274 e. The fourth-order valence-electron chi connectivity index (χ4n) is 2.35. The first-order valence-electron chi connectivity index (χ1n) is 8.37. The summed E-state index contributed by atoms with van der Waals surface area (Å²) in [6.07, 6.45) is 1.69. The van der Waals surface area contributed by atoms with Crippen molar-refractivity contribution in [2.45, 2.75) is 13.8 Å². The third-order valence-electron chi connectivity index (χ3n) is 3.73. The molecule has 0 fully saturated rings. The molecule has 0 aliphatic heterocycles. The van der Waals surface area contributed by atoms with Crippen LogP contribution in [0.2, 0.25) is 0 Å². The fraction of sp³-hybridized carbons (Fsp3) is 0.263. The minimum absolute atomic E-state index is 0.0315. The Kier molecular flexibility index (Phi) is 6.10. The number of hydrogen-bond donors (Lipinski definition) is 1. The number of nitrogens with one attached hydrogen (secondary N) is 1. The average molecular weight is 384 g/mol. The van der Waals surface area contributed by atoms with Crippen molar-refractivity contribution in [3.8, 4) is 15.8 Å². The van der Waals surface area contributed by atoms with Crippen molar-refractivity contribution in [1.29, 1.82) is 0 Å². The number of nitrogens with zero attached hydrogens (tertiary/aromatic N) is 3. The standard InChI is InChI=1S/C19H20N4O3S/c1-12-17(27-19(21-12)26-11-10-25-3)16-8-9-20-18(23-16)22-15-6-4-14(5-7-15)13(2)24/h4-9H,10-11H2,1-3H3,(H,20,22,23). The summed E-state index contributed by atoms with van der Waals surface area (Å²) in [6.45, 7) is 4.43. The Labute approximate surface area is 161 Å². The molecule has 0 spiro atoms. The van der Waals surface area contributed by atoms with Crippen molar-refractivity contribution in [3.05, 3.63) is 47.8 Å². The van der Waals surface area contributed by atoms with Crippen molar-refractivity contribution in [1.82, 2.24) is 15.0 Å². The maximum atomic E-state index is 11.4. The molecule has 0 saturated carbocycles. The number of methoxy groups -OCH3 is 1. The summed E-state index contributed by atoms with van der Waals surface area (Å²) < 4.78 is 10.6. The highest BCUT2D eigenvalue weighted by molar-refractivity contribution is 7.17. The molecule has 2 aromatic heterocycles. The van der Waals surface area contributed by atoms with Gasteiger partial charge in [-0.2, -0.15) is 0 Å². The minimum atomic E-state index is 0.0315. The number of ether oxygens (including phenoxy) is 2. The molecule has 0 saturated heterocycles. The summed E-state index contributed by atoms with van der Waals surface area (Å²) in [5.74, 6) is 0.502. The molecule has 140 valence electrons. The molecule has 1 aromatic carbocycles. The minimum Gasteiger partial charge on any atom is -0.468 e. The third kappa shape index (κ3) is 4.87. The van der Waals surface area contributed by atoms with Gasteiger partial charge in [0, 0.05) is 24.6 Å². The fourth-order valence-corrected chi connectivity index (χ4v) is 3.26. The molecule has 0 aliphatic carbocycles. The van der Waals surface area contributed by atoms with Crippen molar-refractivity contribution >= 4 is 28.8 Å². The second-order valence-corrected chi connectivity index (χ2v) is 6.72. The van der Waals surface area contributed by atoms with Gasteiger partial charge in [-0.1, -0.05) is 11.3 Å². The Hall–Kier alpha value is -2.84. The van der Waals surface area contributed by atoms with Gasteiger partial charge in [0.2, 0.25) is 5.95 Å². The zero-order chi connectivity index (χ0) is 19.2. The Morgan fingerprint density at radius 3 is 2.63 bits per heavy atom. The number of aromatic nitrogens is 3. The van der Waals surface area contributed by atoms with Gasteiger partial charge >= 0.3 is 0 Å². The Morgan fingerprint density at radius 1 is 1.15 bits per heavy atom. The van der Waals surface area contributed by atoms with E-state index in [1.165, 1.54) is 11.3 Å². The van der Waals surface area contributed by atoms with E-state index in [2.05, 4.69) is 20.3 Å². The molecule has 0 radical (unpaired) electrons. The van der Waals surface area contributed by atoms with Gasteiger partial charge in [-0.15, -0.1) is 0 Å². The number of hydrogen-bond acceptors (Lipinski definition) is 8. The van der Waals surface area contributed by atoms with Crippen LogP contribution >= 0.6 is 11.3 Å². The molecule has 0 atom stereocenters. The van der Waals surface area contributed by atoms with E-state index < -0.39 is 0 Å². The number of carbonyl (C=O) groups is 1. The first-order chi connectivity index (χ1) is 13.1. The highest BCUT2D eigenvalue weighted by Crippen LogP contribution is 2.33. The van der Waals surface area contributed by atoms with Gasteiger partial charge in [0.05, 0.1) is 22.9 Å². The van der Waals surface area contributed by atoms with E-state index in [1.807, 2.05) is 25.1 Å². The number of Topliss-reactive ketones (excluding diaryl/α,β-unsaturated/α-hetero) is 1. The molecule has 3 aromatic rings. The topological polar surface area (TPSA) is 86.2 Å². The van der Waals surface area contributed by atoms with Crippen LogP contribution in [0.1, 0.15) is 23.0 Å². The Morgan fingerprint density at radius 2 is 1.93 bits per heavy atom. The lowest BCUT2D eigenvalue weighted by Gasteiger charge is -2.06. The number of benzene rings is 1. The first kappa shape index (κ1) is 18.9. The van der Waals surface area contributed by atoms with Gasteiger partial charge in [0.1, 0.15) is 6.61 Å². The van der Waals surface area contributed by atoms with Crippen molar-refractivity contribution in [2.24, 2.45) is 0 Å². The van der Waals surface area contributed by atoms with Gasteiger partial charge in [0.15, 0.2) is 5.78 Å². The van der Waals surface area contributed by atoms with E-state index >= 15 is 0 Å². The summed E-state index contributed by atoms with van der Waals surface area (Å²) >= 11 is 1.44. The van der Waals surface area contributed by atoms with Crippen LogP contribution < -0.4 is 10.1 Å². The highest BCUT2D eigenvalue weighted by atomic mass is 32.1. The average Bonchev–Trinajstić information content (AvgIpc) is 3.03. The van der Waals surface area contributed by atoms with Gasteiger partial charge in [-0.3, -0.25) is 4.79 Å². The number of aryl methyl sites for hydroxylation is 1. The molecule has 0 bridgehead atoms. The summed E-state index contributed by atoms with van der Waals surface area (Å²) in [4.78, 5) is 25.6. The van der Waals surface area contributed by atoms with Crippen LogP contribution in [0, 0.1) is 6.92 Å². The van der Waals surface area contributed by atoms with E-state index in [4.69, 9.17) is 9.47 Å². The van der Waals surface area contributed by atoms with E-state index in [-0.39, 0.29) is 5.78 Å². The second kappa shape index (κ2) is 8.70. The molecule has 1 N–H and O–H groups in total. The van der Waals surface area contributed by atoms with E-state index in [0.29, 0.717) is 29.9 Å². The summed E-state index contributed by atoms with van der Waals surface area (Å²) in [6, 6.07) is 9.03. The lowest BCUT2D eigenvalue weighted by Crippen LogP contribution is -2.03. The van der Waals surface area contributed by atoms with Crippen molar-refractivity contribution < 1.29 is 14.3 Å². The van der Waals surface area contributed by atoms with Crippen LogP contribution in [-0.4, -0.2) is 41.1 Å². The largest absolute Gasteiger partial charge is 0.468 e. The molecule has 7 nitrogen and oxygen atoms in total. The molecule has 27 heavy (non-hydrogen) atoms. The van der Waals surface area contributed by atoms with E-state index in [0.717, 1.165) is 22.0 Å². The van der Waals surface area contributed by atoms with Gasteiger partial charge in [-0.05, 0) is 44.2 Å². The summed E-state index contributed by atoms with van der Waals surface area (Å²) in [7, 11) is 1.63. The van der Waals surface area contributed by atoms with Crippen LogP contribution in [-0.2, 0) is 4.74 Å². The number of rotatable bonds is 8. The summed E-state index contributed by atoms with van der Waals surface area (Å²) in [5, 5.41) is 3.74. The van der Waals surface area contributed by atoms with Gasteiger partial charge in [-0.25, -0.2) is 15.0 Å². The smallest absolute Gasteiger partial charge is 0.274 e. The SMILES string of the molecule is COCCOc1nc(C)c(-c2ccnc(Nc3ccc(C(C)=O)cc3)n2)s1. The molecular weight excluding hydrogens is 364 g/mol. The highest BCUT2D eigenvalue weighted by Gasteiger charge is 2.13. The monoisotopic (exact) mass is 384 g/mol. The number of anilines is 2. The lowest BCUT2D eigenvalue weighted by atomic mass is 10.1. The van der Waals surface area contributed by atoms with Crippen LogP contribution in [0.4, 0.5) is 11.6 Å². The maximum absolute atomic E-state index is 11.4. The zero-order valence-electron chi connectivity index (χ0n) is 15.4. The van der Waals surface area contributed by atoms with Gasteiger partial charge in [0.25, 0.3) is 5.19 Å². The van der Waals surface area contributed by atoms with Crippen molar-refractivity contribution in [2.75, 3.05) is 25.6 Å². The number of ketones is 1. The van der Waals surface area contributed by atoms with E-state index in [1.54, 1.807) is 32.4 Å². The quantitative estimate of drug-likeness (QED) is 0.466. The van der Waals surface area contributed by atoms with Crippen molar-refractivity contribution in [3.63, 3.8) is 0 Å². The Balaban J connectivity index is 1.76. The van der Waals surface area contributed by atoms with Crippen LogP contribution in [0.15, 0.2) is 36.5 Å². The van der Waals surface area contributed by atoms with Crippen LogP contribution in [0.25, 0.3) is 10.6 Å². The predicted molar refractivity (Wildman–Crippen MR) is 105 cm³/mol. The number of carbonyl (C=O) groups excluding carboxylic acids is 1. The molecule has 0 amide bonds. The zero-order valence-corrected chi connectivity index (χ0v) is 16.2. The summed E-state index contributed by atoms with van der Waals surface area (Å²) in [5.41, 5.74) is 3.09. The Bertz CT molecular complexity index is 925.